The first-order valence-corrected chi connectivity index (χ1v) is 15.7. The first-order valence-electron chi connectivity index (χ1n) is 14.5. The number of rotatable bonds is 8. The second-order valence-electron chi connectivity index (χ2n) is 10.5. The highest BCUT2D eigenvalue weighted by atomic mass is 35.5. The average Bonchev–Trinajstić information content (AvgIpc) is 3.32. The second kappa shape index (κ2) is 15.7. The van der Waals surface area contributed by atoms with E-state index >= 15 is 0 Å². The van der Waals surface area contributed by atoms with Crippen LogP contribution in [0.2, 0.25) is 10.0 Å². The number of carbonyl (C=O) groups excluding carboxylic acids is 3. The fourth-order valence-corrected chi connectivity index (χ4v) is 5.51. The van der Waals surface area contributed by atoms with Crippen LogP contribution in [0.1, 0.15) is 54.1 Å². The monoisotopic (exact) mass is 754 g/mol. The summed E-state index contributed by atoms with van der Waals surface area (Å²) in [6.07, 6.45) is -0.127. The Balaban J connectivity index is 0.000000226. The van der Waals surface area contributed by atoms with Crippen molar-refractivity contribution in [1.29, 1.82) is 0 Å². The molecule has 1 aliphatic heterocycles. The molecule has 50 heavy (non-hydrogen) atoms. The number of nitrogens with zero attached hydrogens (tertiary/aromatic N) is 2. The van der Waals surface area contributed by atoms with E-state index in [0.717, 1.165) is 43.2 Å². The highest BCUT2D eigenvalue weighted by Gasteiger charge is 2.39. The number of esters is 1. The van der Waals surface area contributed by atoms with Crippen molar-refractivity contribution >= 4 is 76.0 Å². The number of benzene rings is 3. The van der Waals surface area contributed by atoms with Crippen LogP contribution < -0.4 is 9.64 Å². The smallest absolute Gasteiger partial charge is 0.416 e. The normalized spacial score (nSPS) is 14.5. The molecule has 2 aliphatic rings. The van der Waals surface area contributed by atoms with E-state index in [-0.39, 0.29) is 40.0 Å². The number of halogens is 6. The van der Waals surface area contributed by atoms with Crippen LogP contribution in [-0.4, -0.2) is 40.4 Å². The largest absolute Gasteiger partial charge is 0.477 e. The van der Waals surface area contributed by atoms with Crippen molar-refractivity contribution in [3.05, 3.63) is 108 Å². The molecule has 0 atom stereocenters. The molecule has 17 heteroatoms. The number of amides is 2. The predicted molar refractivity (Wildman–Crippen MR) is 176 cm³/mol. The molecule has 2 amide bonds. The molecule has 0 unspecified atom stereocenters. The van der Waals surface area contributed by atoms with E-state index in [4.69, 9.17) is 49.4 Å². The van der Waals surface area contributed by atoms with E-state index in [2.05, 4.69) is 0 Å². The molecule has 0 aromatic heterocycles. The van der Waals surface area contributed by atoms with Crippen LogP contribution in [0.25, 0.3) is 6.08 Å². The minimum atomic E-state index is -4.58. The summed E-state index contributed by atoms with van der Waals surface area (Å²) >= 11 is 17.8. The van der Waals surface area contributed by atoms with Gasteiger partial charge in [-0.25, -0.2) is 14.5 Å². The fraction of sp³-hybridized carbons (Fsp3) is 0.212. The molecule has 0 saturated heterocycles. The van der Waals surface area contributed by atoms with E-state index in [1.54, 1.807) is 25.1 Å². The van der Waals surface area contributed by atoms with E-state index < -0.39 is 39.9 Å². The molecule has 0 radical (unpaired) electrons. The Hall–Kier alpha value is -4.92. The number of hydrogen-bond donors (Lipinski definition) is 1. The fourth-order valence-electron chi connectivity index (χ4n) is 4.95. The van der Waals surface area contributed by atoms with Gasteiger partial charge in [0, 0.05) is 28.3 Å². The zero-order valence-corrected chi connectivity index (χ0v) is 28.0. The molecular formula is C33H24Cl3F3N2O9. The molecule has 1 aliphatic carbocycles. The predicted octanol–water partition coefficient (Wildman–Crippen LogP) is 8.98. The van der Waals surface area contributed by atoms with Crippen molar-refractivity contribution in [3.8, 4) is 11.5 Å². The number of carboxylic acids is 1. The van der Waals surface area contributed by atoms with Crippen molar-refractivity contribution in [2.24, 2.45) is 0 Å². The number of anilines is 1. The van der Waals surface area contributed by atoms with Crippen molar-refractivity contribution in [2.45, 2.75) is 38.8 Å². The first kappa shape index (κ1) is 37.9. The number of imide groups is 1. The van der Waals surface area contributed by atoms with Crippen LogP contribution in [0.5, 0.6) is 11.5 Å². The maximum Gasteiger partial charge on any atom is 0.416 e. The van der Waals surface area contributed by atoms with Gasteiger partial charge in [0.25, 0.3) is 17.5 Å². The van der Waals surface area contributed by atoms with Gasteiger partial charge in [-0.2, -0.15) is 13.2 Å². The minimum Gasteiger partial charge on any atom is -0.477 e. The maximum absolute atomic E-state index is 12.7. The van der Waals surface area contributed by atoms with Gasteiger partial charge in [0.2, 0.25) is 0 Å². The molecule has 1 heterocycles. The van der Waals surface area contributed by atoms with Crippen molar-refractivity contribution in [3.63, 3.8) is 0 Å². The van der Waals surface area contributed by atoms with Crippen molar-refractivity contribution in [2.75, 3.05) is 11.5 Å². The average molecular weight is 756 g/mol. The summed E-state index contributed by atoms with van der Waals surface area (Å²) in [5.41, 5.74) is -0.203. The molecule has 262 valence electrons. The number of hydrogen-bond acceptors (Lipinski definition) is 8. The highest BCUT2D eigenvalue weighted by molar-refractivity contribution is 6.43. The maximum atomic E-state index is 12.7. The number of alkyl halides is 3. The van der Waals surface area contributed by atoms with Crippen LogP contribution in [0, 0.1) is 10.1 Å². The van der Waals surface area contributed by atoms with Gasteiger partial charge in [-0.05, 0) is 86.7 Å². The third kappa shape index (κ3) is 8.62. The van der Waals surface area contributed by atoms with E-state index in [9.17, 15) is 42.5 Å². The summed E-state index contributed by atoms with van der Waals surface area (Å²) in [5, 5.41) is 19.6. The Morgan fingerprint density at radius 3 is 2.16 bits per heavy atom. The van der Waals surface area contributed by atoms with Gasteiger partial charge in [0.15, 0.2) is 0 Å². The lowest BCUT2D eigenvalue weighted by atomic mass is 9.93. The van der Waals surface area contributed by atoms with Gasteiger partial charge in [-0.15, -0.1) is 0 Å². The number of ether oxygens (including phenoxy) is 2. The lowest BCUT2D eigenvalue weighted by molar-refractivity contribution is -0.385. The van der Waals surface area contributed by atoms with Crippen molar-refractivity contribution in [1.82, 2.24) is 0 Å². The number of carbonyl (C=O) groups is 4. The standard InChI is InChI=1S/C19H17Cl2NO4.C14H7ClF3NO5/c1-2-26-19(25)16(21)10-11-9-12(7-8-15(11)20)22-17(23)13-5-3-4-6-14(13)18(22)24;15-10-5-7(14(16,17)18)1-4-12(10)24-8-2-3-11(19(22)23)9(6-8)13(20)21/h7-10H,2-6H2,1H3;1-6H,(H,20,21)/b16-10-;. The number of carboxylic acid groups (broad SMARTS) is 1. The number of nitro benzene ring substituents is 1. The van der Waals surface area contributed by atoms with Gasteiger partial charge in [-0.1, -0.05) is 34.8 Å². The Labute approximate surface area is 296 Å². The summed E-state index contributed by atoms with van der Waals surface area (Å²) < 4.78 is 47.7. The summed E-state index contributed by atoms with van der Waals surface area (Å²) in [7, 11) is 0. The molecule has 0 saturated carbocycles. The molecule has 0 spiro atoms. The van der Waals surface area contributed by atoms with E-state index in [1.807, 2.05) is 0 Å². The lowest BCUT2D eigenvalue weighted by Gasteiger charge is -2.16. The quantitative estimate of drug-likeness (QED) is 0.0780. The third-order valence-corrected chi connectivity index (χ3v) is 8.17. The van der Waals surface area contributed by atoms with Gasteiger partial charge in [0.1, 0.15) is 22.1 Å². The summed E-state index contributed by atoms with van der Waals surface area (Å²) in [5.74, 6) is -3.06. The Kier molecular flexibility index (Phi) is 11.9. The Morgan fingerprint density at radius 1 is 0.980 bits per heavy atom. The summed E-state index contributed by atoms with van der Waals surface area (Å²) in [6.45, 7) is 1.87. The minimum absolute atomic E-state index is 0.125. The molecule has 3 aromatic rings. The Bertz CT molecular complexity index is 1930. The topological polar surface area (TPSA) is 153 Å². The van der Waals surface area contributed by atoms with Crippen LogP contribution in [0.3, 0.4) is 0 Å². The van der Waals surface area contributed by atoms with Gasteiger partial charge < -0.3 is 14.6 Å². The second-order valence-corrected chi connectivity index (χ2v) is 11.7. The number of nitro groups is 1. The van der Waals surface area contributed by atoms with E-state index in [0.29, 0.717) is 46.3 Å². The lowest BCUT2D eigenvalue weighted by Crippen LogP contribution is -2.31. The zero-order valence-electron chi connectivity index (χ0n) is 25.7. The van der Waals surface area contributed by atoms with Crippen LogP contribution in [0.15, 0.2) is 70.8 Å². The van der Waals surface area contributed by atoms with Crippen LogP contribution >= 0.6 is 34.8 Å². The Morgan fingerprint density at radius 2 is 1.62 bits per heavy atom. The van der Waals surface area contributed by atoms with Gasteiger partial charge >= 0.3 is 18.1 Å². The molecule has 5 rings (SSSR count). The van der Waals surface area contributed by atoms with Crippen LogP contribution in [-0.2, 0) is 25.3 Å². The summed E-state index contributed by atoms with van der Waals surface area (Å²) in [6, 6.07) is 10.0. The first-order chi connectivity index (χ1) is 23.5. The molecule has 11 nitrogen and oxygen atoms in total. The zero-order chi connectivity index (χ0) is 36.9. The molecular weight excluding hydrogens is 732 g/mol. The number of aromatic carboxylic acids is 1. The molecule has 0 bridgehead atoms. The van der Waals surface area contributed by atoms with E-state index in [1.165, 1.54) is 11.0 Å². The van der Waals surface area contributed by atoms with Crippen molar-refractivity contribution < 1.29 is 51.9 Å². The highest BCUT2D eigenvalue weighted by Crippen LogP contribution is 2.38. The third-order valence-electron chi connectivity index (χ3n) is 7.26. The molecule has 3 aromatic carbocycles. The van der Waals surface area contributed by atoms with Gasteiger partial charge in [0.05, 0.1) is 27.8 Å². The summed E-state index contributed by atoms with van der Waals surface area (Å²) in [4.78, 5) is 59.1. The molecule has 0 fully saturated rings. The SMILES string of the molecule is CCOC(=O)/C(Cl)=C/c1cc(N2C(=O)C3=C(CCCC3)C2=O)ccc1Cl.O=C(O)c1cc(Oc2ccc(C(F)(F)F)cc2Cl)ccc1[N+](=O)[O-]. The van der Waals surface area contributed by atoms with Gasteiger partial charge in [-0.3, -0.25) is 19.7 Å². The molecule has 1 N–H and O–H groups in total. The van der Waals surface area contributed by atoms with Crippen LogP contribution in [0.4, 0.5) is 24.5 Å².